The molecule has 1 aliphatic rings. The number of carboxylic acids is 1. The molecule has 0 spiro atoms. The highest BCUT2D eigenvalue weighted by atomic mass is 35.5. The summed E-state index contributed by atoms with van der Waals surface area (Å²) >= 11 is 6.29. The number of ether oxygens (including phenoxy) is 1. The largest absolute Gasteiger partial charge is 0.481 e. The first-order chi connectivity index (χ1) is 9.95. The van der Waals surface area contributed by atoms with Crippen molar-refractivity contribution in [2.45, 2.75) is 32.9 Å². The lowest BCUT2D eigenvalue weighted by Gasteiger charge is -2.30. The van der Waals surface area contributed by atoms with Crippen molar-refractivity contribution in [1.82, 2.24) is 14.7 Å². The van der Waals surface area contributed by atoms with E-state index in [4.69, 9.17) is 16.3 Å². The van der Waals surface area contributed by atoms with Gasteiger partial charge in [-0.3, -0.25) is 14.4 Å². The first kappa shape index (κ1) is 16.3. The predicted molar refractivity (Wildman–Crippen MR) is 79.4 cm³/mol. The Kier molecular flexibility index (Phi) is 5.24. The van der Waals surface area contributed by atoms with Gasteiger partial charge in [0.1, 0.15) is 5.15 Å². The third-order valence-electron chi connectivity index (χ3n) is 3.98. The molecule has 0 aromatic carbocycles. The number of rotatable bonds is 6. The molecule has 1 saturated heterocycles. The van der Waals surface area contributed by atoms with Crippen LogP contribution in [0.3, 0.4) is 0 Å². The minimum Gasteiger partial charge on any atom is -0.481 e. The highest BCUT2D eigenvalue weighted by Crippen LogP contribution is 2.26. The molecule has 2 atom stereocenters. The van der Waals surface area contributed by atoms with Gasteiger partial charge in [0.2, 0.25) is 0 Å². The summed E-state index contributed by atoms with van der Waals surface area (Å²) in [5.74, 6) is -1.28. The molecule has 1 aromatic rings. The van der Waals surface area contributed by atoms with Crippen molar-refractivity contribution in [1.29, 1.82) is 0 Å². The van der Waals surface area contributed by atoms with E-state index in [2.05, 4.69) is 16.9 Å². The van der Waals surface area contributed by atoms with Gasteiger partial charge in [0.25, 0.3) is 0 Å². The third-order valence-corrected chi connectivity index (χ3v) is 4.45. The second-order valence-corrected chi connectivity index (χ2v) is 5.86. The van der Waals surface area contributed by atoms with Crippen molar-refractivity contribution >= 4 is 17.6 Å². The molecular weight excluding hydrogens is 294 g/mol. The van der Waals surface area contributed by atoms with Crippen molar-refractivity contribution in [3.8, 4) is 0 Å². The van der Waals surface area contributed by atoms with Gasteiger partial charge in [-0.1, -0.05) is 18.5 Å². The summed E-state index contributed by atoms with van der Waals surface area (Å²) in [6.45, 7) is 6.14. The van der Waals surface area contributed by atoms with Crippen molar-refractivity contribution in [2.75, 3.05) is 19.8 Å². The molecule has 7 heteroatoms. The molecular formula is C14H22ClN3O3. The topological polar surface area (TPSA) is 67.6 Å². The zero-order valence-electron chi connectivity index (χ0n) is 12.7. The molecule has 118 valence electrons. The molecule has 0 amide bonds. The smallest absolute Gasteiger partial charge is 0.310 e. The third kappa shape index (κ3) is 3.39. The van der Waals surface area contributed by atoms with Crippen molar-refractivity contribution in [3.63, 3.8) is 0 Å². The van der Waals surface area contributed by atoms with E-state index in [1.54, 1.807) is 4.68 Å². The minimum absolute atomic E-state index is 0.113. The summed E-state index contributed by atoms with van der Waals surface area (Å²) in [6.07, 6.45) is 0.944. The number of nitrogens with zero attached hydrogens (tertiary/aromatic N) is 3. The number of aromatic nitrogens is 2. The molecule has 0 radical (unpaired) electrons. The molecule has 0 aliphatic carbocycles. The zero-order valence-corrected chi connectivity index (χ0v) is 13.4. The van der Waals surface area contributed by atoms with Crippen LogP contribution in [0.1, 0.15) is 24.6 Å². The fourth-order valence-corrected chi connectivity index (χ4v) is 3.08. The molecule has 0 bridgehead atoms. The average Bonchev–Trinajstić information content (AvgIpc) is 2.99. The number of halogens is 1. The van der Waals surface area contributed by atoms with E-state index in [0.29, 0.717) is 18.3 Å². The standard InChI is InChI=1S/C14H22ClN3O3/c1-4-5-18(12-8-21-7-11(12)14(19)20)6-10-9(2)16-17(3)13(10)15/h11-12H,4-8H2,1-3H3,(H,19,20). The fourth-order valence-electron chi connectivity index (χ4n) is 2.84. The molecule has 1 aromatic heterocycles. The first-order valence-corrected chi connectivity index (χ1v) is 7.56. The minimum atomic E-state index is -0.799. The first-order valence-electron chi connectivity index (χ1n) is 7.18. The highest BCUT2D eigenvalue weighted by molar-refractivity contribution is 6.30. The van der Waals surface area contributed by atoms with Crippen LogP contribution in [0, 0.1) is 12.8 Å². The summed E-state index contributed by atoms with van der Waals surface area (Å²) in [4.78, 5) is 13.5. The Hall–Kier alpha value is -1.11. The summed E-state index contributed by atoms with van der Waals surface area (Å²) in [5, 5.41) is 14.3. The van der Waals surface area contributed by atoms with Crippen LogP contribution in [0.5, 0.6) is 0 Å². The number of carboxylic acid groups (broad SMARTS) is 1. The van der Waals surface area contributed by atoms with E-state index in [9.17, 15) is 9.90 Å². The summed E-state index contributed by atoms with van der Waals surface area (Å²) in [7, 11) is 1.81. The van der Waals surface area contributed by atoms with Crippen molar-refractivity contribution in [2.24, 2.45) is 13.0 Å². The van der Waals surface area contributed by atoms with Crippen LogP contribution in [0.4, 0.5) is 0 Å². The summed E-state index contributed by atoms with van der Waals surface area (Å²) < 4.78 is 7.03. The Labute approximate surface area is 129 Å². The molecule has 0 saturated carbocycles. The molecule has 1 N–H and O–H groups in total. The molecule has 1 aliphatic heterocycles. The van der Waals surface area contributed by atoms with E-state index >= 15 is 0 Å². The van der Waals surface area contributed by atoms with Crippen LogP contribution >= 0.6 is 11.6 Å². The Bertz CT molecular complexity index is 518. The van der Waals surface area contributed by atoms with E-state index in [1.165, 1.54) is 0 Å². The molecule has 1 fully saturated rings. The van der Waals surface area contributed by atoms with Gasteiger partial charge < -0.3 is 9.84 Å². The van der Waals surface area contributed by atoms with Gasteiger partial charge in [-0.2, -0.15) is 5.10 Å². The maximum absolute atomic E-state index is 11.4. The van der Waals surface area contributed by atoms with Crippen molar-refractivity contribution in [3.05, 3.63) is 16.4 Å². The van der Waals surface area contributed by atoms with Crippen LogP contribution in [0.2, 0.25) is 5.15 Å². The average molecular weight is 316 g/mol. The zero-order chi connectivity index (χ0) is 15.6. The van der Waals surface area contributed by atoms with Crippen LogP contribution in [-0.2, 0) is 23.1 Å². The van der Waals surface area contributed by atoms with Crippen LogP contribution in [-0.4, -0.2) is 51.6 Å². The van der Waals surface area contributed by atoms with Crippen LogP contribution < -0.4 is 0 Å². The number of carbonyl (C=O) groups is 1. The van der Waals surface area contributed by atoms with Crippen molar-refractivity contribution < 1.29 is 14.6 Å². The molecule has 21 heavy (non-hydrogen) atoms. The molecule has 6 nitrogen and oxygen atoms in total. The van der Waals surface area contributed by atoms with Crippen LogP contribution in [0.15, 0.2) is 0 Å². The van der Waals surface area contributed by atoms with Gasteiger partial charge >= 0.3 is 5.97 Å². The Morgan fingerprint density at radius 1 is 1.57 bits per heavy atom. The van der Waals surface area contributed by atoms with Gasteiger partial charge in [-0.05, 0) is 19.9 Å². The lowest BCUT2D eigenvalue weighted by molar-refractivity contribution is -0.143. The number of aryl methyl sites for hydroxylation is 2. The van der Waals surface area contributed by atoms with Gasteiger partial charge in [0.15, 0.2) is 0 Å². The fraction of sp³-hybridized carbons (Fsp3) is 0.714. The van der Waals surface area contributed by atoms with E-state index in [1.807, 2.05) is 14.0 Å². The lowest BCUT2D eigenvalue weighted by Crippen LogP contribution is -2.43. The predicted octanol–water partition coefficient (Wildman–Crippen LogP) is 1.69. The maximum atomic E-state index is 11.4. The second-order valence-electron chi connectivity index (χ2n) is 5.50. The summed E-state index contributed by atoms with van der Waals surface area (Å²) in [6, 6.07) is -0.113. The Morgan fingerprint density at radius 2 is 2.29 bits per heavy atom. The molecule has 2 heterocycles. The second kappa shape index (κ2) is 6.77. The van der Waals surface area contributed by atoms with E-state index in [-0.39, 0.29) is 12.6 Å². The number of aliphatic carboxylic acids is 1. The van der Waals surface area contributed by atoms with Crippen LogP contribution in [0.25, 0.3) is 0 Å². The Morgan fingerprint density at radius 3 is 2.81 bits per heavy atom. The van der Waals surface area contributed by atoms with E-state index in [0.717, 1.165) is 24.2 Å². The van der Waals surface area contributed by atoms with Gasteiger partial charge in [-0.25, -0.2) is 0 Å². The highest BCUT2D eigenvalue weighted by Gasteiger charge is 2.38. The number of hydrogen-bond acceptors (Lipinski definition) is 4. The van der Waals surface area contributed by atoms with Gasteiger partial charge in [-0.15, -0.1) is 0 Å². The normalized spacial score (nSPS) is 22.1. The van der Waals surface area contributed by atoms with Gasteiger partial charge in [0, 0.05) is 25.2 Å². The summed E-state index contributed by atoms with van der Waals surface area (Å²) in [5.41, 5.74) is 1.85. The van der Waals surface area contributed by atoms with E-state index < -0.39 is 11.9 Å². The number of hydrogen-bond donors (Lipinski definition) is 1. The van der Waals surface area contributed by atoms with Gasteiger partial charge in [0.05, 0.1) is 24.8 Å². The SMILES string of the molecule is CCCN(Cc1c(C)nn(C)c1Cl)C1COCC1C(=O)O. The molecule has 2 unspecified atom stereocenters. The molecule has 2 rings (SSSR count). The lowest BCUT2D eigenvalue weighted by atomic mass is 10.0. The maximum Gasteiger partial charge on any atom is 0.310 e. The Balaban J connectivity index is 2.21. The quantitative estimate of drug-likeness (QED) is 0.865. The monoisotopic (exact) mass is 315 g/mol.